The van der Waals surface area contributed by atoms with Gasteiger partial charge in [-0.3, -0.25) is 18.6 Å². The maximum Gasteiger partial charge on any atom is 0.472 e. The molecule has 0 aliphatic rings. The summed E-state index contributed by atoms with van der Waals surface area (Å²) in [6.45, 7) is 6.87. The summed E-state index contributed by atoms with van der Waals surface area (Å²) in [7, 11) is 1.47. The normalized spacial score (nSPS) is 14.2. The third kappa shape index (κ3) is 65.1. The lowest BCUT2D eigenvalue weighted by Crippen LogP contribution is -2.47. The summed E-state index contributed by atoms with van der Waals surface area (Å²) in [5.74, 6) is -0.532. The highest BCUT2D eigenvalue weighted by Crippen LogP contribution is 2.43. The number of rotatable bonds is 64. The van der Waals surface area contributed by atoms with Crippen molar-refractivity contribution in [1.29, 1.82) is 0 Å². The molecule has 10 heteroatoms. The van der Waals surface area contributed by atoms with E-state index in [4.69, 9.17) is 13.8 Å². The molecule has 0 spiro atoms. The molecule has 0 aliphatic heterocycles. The maximum absolute atomic E-state index is 13.6. The van der Waals surface area contributed by atoms with Crippen LogP contribution >= 0.6 is 7.82 Å². The first-order chi connectivity index (χ1) is 41.9. The highest BCUT2D eigenvalue weighted by molar-refractivity contribution is 7.47. The Hall–Kier alpha value is -3.33. The minimum absolute atomic E-state index is 0.0316. The molecule has 0 aliphatic carbocycles. The summed E-state index contributed by atoms with van der Waals surface area (Å²) in [6.07, 6.45) is 89.6. The molecule has 0 saturated heterocycles. The van der Waals surface area contributed by atoms with Crippen molar-refractivity contribution >= 4 is 19.7 Å². The van der Waals surface area contributed by atoms with Gasteiger partial charge in [0.2, 0.25) is 5.91 Å². The molecule has 0 aromatic rings. The summed E-state index contributed by atoms with van der Waals surface area (Å²) in [4.78, 5) is 37.9. The highest BCUT2D eigenvalue weighted by atomic mass is 31.2. The summed E-state index contributed by atoms with van der Waals surface area (Å²) < 4.78 is 30.8. The predicted octanol–water partition coefficient (Wildman–Crippen LogP) is 22.8. The number of quaternary nitrogens is 1. The van der Waals surface area contributed by atoms with Gasteiger partial charge in [0.1, 0.15) is 19.3 Å². The second kappa shape index (κ2) is 64.6. The first-order valence-electron chi connectivity index (χ1n) is 35.7. The van der Waals surface area contributed by atoms with Crippen LogP contribution in [0, 0.1) is 0 Å². The average molecular weight is 1220 g/mol. The van der Waals surface area contributed by atoms with E-state index < -0.39 is 20.0 Å². The van der Waals surface area contributed by atoms with Crippen molar-refractivity contribution in [3.05, 3.63) is 109 Å². The van der Waals surface area contributed by atoms with E-state index >= 15 is 0 Å². The second-order valence-electron chi connectivity index (χ2n) is 25.0. The number of hydrogen-bond donors (Lipinski definition) is 2. The third-order valence-electron chi connectivity index (χ3n) is 15.4. The molecule has 3 atom stereocenters. The molecule has 0 fully saturated rings. The molecule has 3 unspecified atom stereocenters. The van der Waals surface area contributed by atoms with Crippen molar-refractivity contribution in [3.8, 4) is 0 Å². The van der Waals surface area contributed by atoms with Gasteiger partial charge in [-0.05, 0) is 115 Å². The molecule has 86 heavy (non-hydrogen) atoms. The van der Waals surface area contributed by atoms with Crippen molar-refractivity contribution in [2.75, 3.05) is 40.9 Å². The third-order valence-corrected chi connectivity index (χ3v) is 16.4. The first-order valence-corrected chi connectivity index (χ1v) is 37.2. The van der Waals surface area contributed by atoms with Crippen molar-refractivity contribution in [3.63, 3.8) is 0 Å². The Bertz CT molecular complexity index is 1840. The van der Waals surface area contributed by atoms with E-state index in [1.807, 2.05) is 33.3 Å². The number of nitrogens with zero attached hydrogens (tertiary/aromatic N) is 1. The summed E-state index contributed by atoms with van der Waals surface area (Å²) in [5.41, 5.74) is 0. The lowest BCUT2D eigenvalue weighted by molar-refractivity contribution is -0.870. The number of carbonyl (C=O) groups excluding carboxylic acids is 2. The van der Waals surface area contributed by atoms with Crippen LogP contribution < -0.4 is 5.32 Å². The van der Waals surface area contributed by atoms with Crippen LogP contribution in [0.25, 0.3) is 0 Å². The van der Waals surface area contributed by atoms with Gasteiger partial charge in [0.15, 0.2) is 0 Å². The summed E-state index contributed by atoms with van der Waals surface area (Å²) in [6, 6.07) is -0.866. The molecule has 0 aromatic heterocycles. The van der Waals surface area contributed by atoms with Crippen LogP contribution in [0.2, 0.25) is 0 Å². The zero-order valence-electron chi connectivity index (χ0n) is 56.8. The smallest absolute Gasteiger partial charge is 0.456 e. The second-order valence-corrected chi connectivity index (χ2v) is 26.5. The number of amides is 1. The Kier molecular flexibility index (Phi) is 62.1. The van der Waals surface area contributed by atoms with Gasteiger partial charge in [0, 0.05) is 12.8 Å². The zero-order chi connectivity index (χ0) is 62.8. The topological polar surface area (TPSA) is 111 Å². The number of ether oxygens (including phenoxy) is 1. The van der Waals surface area contributed by atoms with Gasteiger partial charge in [-0.2, -0.15) is 0 Å². The van der Waals surface area contributed by atoms with E-state index in [9.17, 15) is 19.0 Å². The average Bonchev–Trinajstić information content (AvgIpc) is 3.69. The Balaban J connectivity index is 5.12. The fourth-order valence-electron chi connectivity index (χ4n) is 9.98. The van der Waals surface area contributed by atoms with Gasteiger partial charge in [0.25, 0.3) is 0 Å². The maximum atomic E-state index is 13.6. The van der Waals surface area contributed by atoms with Gasteiger partial charge >= 0.3 is 13.8 Å². The monoisotopic (exact) mass is 1220 g/mol. The van der Waals surface area contributed by atoms with E-state index in [1.165, 1.54) is 161 Å². The number of unbranched alkanes of at least 4 members (excludes halogenated alkanes) is 32. The highest BCUT2D eigenvalue weighted by Gasteiger charge is 2.30. The number of phosphoric ester groups is 1. The quantitative estimate of drug-likeness (QED) is 0.0205. The number of hydrogen-bond acceptors (Lipinski definition) is 6. The van der Waals surface area contributed by atoms with Gasteiger partial charge < -0.3 is 19.4 Å². The zero-order valence-corrected chi connectivity index (χ0v) is 57.7. The predicted molar refractivity (Wildman–Crippen MR) is 373 cm³/mol. The molecule has 496 valence electrons. The molecule has 0 radical (unpaired) electrons. The van der Waals surface area contributed by atoms with Crippen LogP contribution in [0.1, 0.15) is 310 Å². The number of carbonyl (C=O) groups is 2. The fourth-order valence-corrected chi connectivity index (χ4v) is 10.7. The lowest BCUT2D eigenvalue weighted by atomic mass is 10.0. The molecule has 0 heterocycles. The molecule has 2 N–H and O–H groups in total. The molecule has 1 amide bonds. The fraction of sp³-hybridized carbons (Fsp3) is 0.737. The summed E-state index contributed by atoms with van der Waals surface area (Å²) in [5, 5.41) is 3.06. The molecular formula is C76H136N2O7P+. The molecule has 0 bridgehead atoms. The minimum Gasteiger partial charge on any atom is -0.456 e. The van der Waals surface area contributed by atoms with Crippen LogP contribution in [-0.2, 0) is 27.9 Å². The standard InChI is InChI=1S/C76H135N2O7P/c1-7-10-13-16-19-22-25-28-30-32-34-36-38-39-41-42-44-46-48-50-53-56-59-62-65-68-75(79)77-73(72-84-86(81,82)83-71-70-78(4,5)6)74(67-64-61-58-55-52-27-24-21-18-15-12-9-3)85-76(80)69-66-63-60-57-54-51-49-47-45-43-40-37-35-33-31-29-26-23-20-17-14-11-8-2/h11,14,19-20,22-23,28-31,35,37,43,45,49,51,64,67,73-74H,7-10,12-13,15-18,21,24-27,32-34,36,38-42,44,46-48,50,52-63,65-66,68-72H2,1-6H3,(H-,77,79,81,82)/p+1/b14-11-,22-19-,23-20-,30-28-,31-29-,37-35-,45-43-,51-49-,67-64+. The van der Waals surface area contributed by atoms with E-state index in [2.05, 4.69) is 123 Å². The molecule has 9 nitrogen and oxygen atoms in total. The van der Waals surface area contributed by atoms with Gasteiger partial charge in [0.05, 0.1) is 33.8 Å². The Morgan fingerprint density at radius 1 is 0.419 bits per heavy atom. The van der Waals surface area contributed by atoms with Gasteiger partial charge in [-0.1, -0.05) is 291 Å². The lowest BCUT2D eigenvalue weighted by Gasteiger charge is -2.27. The van der Waals surface area contributed by atoms with Crippen LogP contribution in [0.5, 0.6) is 0 Å². The summed E-state index contributed by atoms with van der Waals surface area (Å²) >= 11 is 0. The number of esters is 1. The van der Waals surface area contributed by atoms with Crippen molar-refractivity contribution in [2.45, 2.75) is 322 Å². The Morgan fingerprint density at radius 2 is 0.744 bits per heavy atom. The number of nitrogens with one attached hydrogen (secondary N) is 1. The van der Waals surface area contributed by atoms with E-state index in [1.54, 1.807) is 0 Å². The van der Waals surface area contributed by atoms with Crippen LogP contribution in [0.15, 0.2) is 109 Å². The number of likely N-dealkylation sites (N-methyl/N-ethyl adjacent to an activating group) is 1. The van der Waals surface area contributed by atoms with Crippen molar-refractivity contribution < 1.29 is 37.3 Å². The SMILES string of the molecule is CC/C=C\C/C=C\C/C=C\C/C=C\C/C=C\C/C=C\CCCCCCC(=O)OC(/C=C/CCCCCCCCCCCC)C(COP(=O)(O)OCC[N+](C)(C)C)NC(=O)CCCCCCCCCCCCCCCCC/C=C\C/C=C\CCCCC. The number of allylic oxidation sites excluding steroid dienone is 17. The van der Waals surface area contributed by atoms with E-state index in [0.717, 1.165) is 109 Å². The number of phosphoric acid groups is 1. The van der Waals surface area contributed by atoms with Gasteiger partial charge in [-0.15, -0.1) is 0 Å². The van der Waals surface area contributed by atoms with E-state index in [0.29, 0.717) is 23.9 Å². The van der Waals surface area contributed by atoms with Gasteiger partial charge in [-0.25, -0.2) is 4.57 Å². The first kappa shape index (κ1) is 82.7. The minimum atomic E-state index is -4.47. The Labute approximate surface area is 531 Å². The molecule has 0 rings (SSSR count). The van der Waals surface area contributed by atoms with Crippen LogP contribution in [-0.4, -0.2) is 74.3 Å². The Morgan fingerprint density at radius 3 is 1.14 bits per heavy atom. The van der Waals surface area contributed by atoms with Crippen LogP contribution in [0.3, 0.4) is 0 Å². The largest absolute Gasteiger partial charge is 0.472 e. The van der Waals surface area contributed by atoms with E-state index in [-0.39, 0.29) is 31.5 Å². The van der Waals surface area contributed by atoms with Crippen molar-refractivity contribution in [2.24, 2.45) is 0 Å². The molecule has 0 saturated carbocycles. The van der Waals surface area contributed by atoms with Crippen molar-refractivity contribution in [1.82, 2.24) is 5.32 Å². The molecular weight excluding hydrogens is 1080 g/mol. The molecule has 0 aromatic carbocycles. The van der Waals surface area contributed by atoms with Crippen LogP contribution in [0.4, 0.5) is 0 Å².